The van der Waals surface area contributed by atoms with E-state index in [0.717, 1.165) is 24.9 Å². The molecule has 1 heterocycles. The Bertz CT molecular complexity index is 468. The number of hydrogen-bond acceptors (Lipinski definition) is 3. The van der Waals surface area contributed by atoms with Crippen LogP contribution >= 0.6 is 0 Å². The molecular formula is C14H19NO3. The van der Waals surface area contributed by atoms with Crippen molar-refractivity contribution in [2.75, 3.05) is 18.0 Å². The number of carboxylic acid groups (broad SMARTS) is 1. The molecule has 1 aromatic carbocycles. The molecule has 18 heavy (non-hydrogen) atoms. The lowest BCUT2D eigenvalue weighted by Gasteiger charge is -2.38. The number of carbonyl (C=O) groups is 1. The zero-order valence-electron chi connectivity index (χ0n) is 10.8. The summed E-state index contributed by atoms with van der Waals surface area (Å²) in [5, 5.41) is 19.3. The van der Waals surface area contributed by atoms with Crippen LogP contribution in [0.4, 0.5) is 5.69 Å². The van der Waals surface area contributed by atoms with E-state index in [4.69, 9.17) is 0 Å². The summed E-state index contributed by atoms with van der Waals surface area (Å²) in [6.45, 7) is 5.02. The van der Waals surface area contributed by atoms with E-state index in [-0.39, 0.29) is 0 Å². The molecule has 0 aromatic heterocycles. The third-order valence-electron chi connectivity index (χ3n) is 3.40. The molecule has 0 bridgehead atoms. The van der Waals surface area contributed by atoms with Crippen LogP contribution in [0.15, 0.2) is 18.2 Å². The van der Waals surface area contributed by atoms with Crippen LogP contribution in [0.3, 0.4) is 0 Å². The molecule has 0 radical (unpaired) electrons. The van der Waals surface area contributed by atoms with E-state index in [0.29, 0.717) is 17.8 Å². The monoisotopic (exact) mass is 249 g/mol. The molecule has 1 fully saturated rings. The Hall–Kier alpha value is -1.55. The second kappa shape index (κ2) is 4.61. The molecule has 1 aliphatic heterocycles. The van der Waals surface area contributed by atoms with Crippen molar-refractivity contribution in [3.05, 3.63) is 29.3 Å². The van der Waals surface area contributed by atoms with Gasteiger partial charge in [0.1, 0.15) is 0 Å². The van der Waals surface area contributed by atoms with Gasteiger partial charge < -0.3 is 15.1 Å². The van der Waals surface area contributed by atoms with Crippen molar-refractivity contribution >= 4 is 11.7 Å². The van der Waals surface area contributed by atoms with Crippen LogP contribution in [0.1, 0.15) is 35.7 Å². The van der Waals surface area contributed by atoms with Crippen molar-refractivity contribution in [1.29, 1.82) is 0 Å². The third kappa shape index (κ3) is 2.64. The van der Waals surface area contributed by atoms with E-state index in [1.165, 1.54) is 0 Å². The summed E-state index contributed by atoms with van der Waals surface area (Å²) in [6, 6.07) is 5.32. The zero-order chi connectivity index (χ0) is 13.3. The molecule has 0 spiro atoms. The van der Waals surface area contributed by atoms with E-state index in [9.17, 15) is 15.0 Å². The second-order valence-corrected chi connectivity index (χ2v) is 5.35. The van der Waals surface area contributed by atoms with Crippen LogP contribution < -0.4 is 4.90 Å². The Morgan fingerprint density at radius 3 is 2.78 bits per heavy atom. The molecule has 1 unspecified atom stereocenters. The summed E-state index contributed by atoms with van der Waals surface area (Å²) < 4.78 is 0. The highest BCUT2D eigenvalue weighted by molar-refractivity contribution is 5.94. The molecule has 2 rings (SSSR count). The summed E-state index contributed by atoms with van der Waals surface area (Å²) >= 11 is 0. The SMILES string of the molecule is Cc1ccc(C(=O)O)c(N2CCCC(C)(O)C2)c1. The number of hydrogen-bond donors (Lipinski definition) is 2. The van der Waals surface area contributed by atoms with E-state index >= 15 is 0 Å². The number of rotatable bonds is 2. The first kappa shape index (κ1) is 12.9. The van der Waals surface area contributed by atoms with Gasteiger partial charge in [-0.05, 0) is 44.4 Å². The van der Waals surface area contributed by atoms with Crippen molar-refractivity contribution in [2.45, 2.75) is 32.3 Å². The minimum Gasteiger partial charge on any atom is -0.478 e. The molecule has 0 aliphatic carbocycles. The predicted molar refractivity (Wildman–Crippen MR) is 70.2 cm³/mol. The van der Waals surface area contributed by atoms with Gasteiger partial charge in [0.25, 0.3) is 0 Å². The van der Waals surface area contributed by atoms with Gasteiger partial charge >= 0.3 is 5.97 Å². The molecule has 0 amide bonds. The van der Waals surface area contributed by atoms with E-state index in [1.807, 2.05) is 17.9 Å². The summed E-state index contributed by atoms with van der Waals surface area (Å²) in [5.74, 6) is -0.921. The van der Waals surface area contributed by atoms with Gasteiger partial charge in [-0.3, -0.25) is 0 Å². The van der Waals surface area contributed by atoms with Gasteiger partial charge in [-0.1, -0.05) is 6.07 Å². The molecule has 4 heteroatoms. The first-order valence-electron chi connectivity index (χ1n) is 6.20. The molecule has 1 aliphatic rings. The quantitative estimate of drug-likeness (QED) is 0.842. The summed E-state index contributed by atoms with van der Waals surface area (Å²) in [7, 11) is 0. The molecule has 1 aromatic rings. The Morgan fingerprint density at radius 1 is 1.44 bits per heavy atom. The van der Waals surface area contributed by atoms with E-state index in [1.54, 1.807) is 19.1 Å². The smallest absolute Gasteiger partial charge is 0.337 e. The molecule has 1 saturated heterocycles. The van der Waals surface area contributed by atoms with Gasteiger partial charge in [0.15, 0.2) is 0 Å². The Labute approximate surface area is 107 Å². The topological polar surface area (TPSA) is 60.8 Å². The van der Waals surface area contributed by atoms with Gasteiger partial charge in [-0.15, -0.1) is 0 Å². The molecule has 0 saturated carbocycles. The first-order chi connectivity index (χ1) is 8.39. The van der Waals surface area contributed by atoms with Crippen molar-refractivity contribution in [1.82, 2.24) is 0 Å². The summed E-state index contributed by atoms with van der Waals surface area (Å²) in [6.07, 6.45) is 1.64. The fraction of sp³-hybridized carbons (Fsp3) is 0.500. The number of aromatic carboxylic acids is 1. The molecule has 98 valence electrons. The lowest BCUT2D eigenvalue weighted by Crippen LogP contribution is -2.46. The maximum absolute atomic E-state index is 11.2. The van der Waals surface area contributed by atoms with Crippen molar-refractivity contribution in [2.24, 2.45) is 0 Å². The van der Waals surface area contributed by atoms with E-state index < -0.39 is 11.6 Å². The third-order valence-corrected chi connectivity index (χ3v) is 3.40. The highest BCUT2D eigenvalue weighted by Crippen LogP contribution is 2.29. The van der Waals surface area contributed by atoms with Crippen LogP contribution in [-0.4, -0.2) is 34.9 Å². The number of aryl methyl sites for hydroxylation is 1. The number of benzene rings is 1. The van der Waals surface area contributed by atoms with Gasteiger partial charge in [-0.25, -0.2) is 4.79 Å². The number of nitrogens with zero attached hydrogens (tertiary/aromatic N) is 1. The van der Waals surface area contributed by atoms with E-state index in [2.05, 4.69) is 0 Å². The minimum absolute atomic E-state index is 0.304. The van der Waals surface area contributed by atoms with Crippen LogP contribution in [0.2, 0.25) is 0 Å². The highest BCUT2D eigenvalue weighted by Gasteiger charge is 2.30. The zero-order valence-corrected chi connectivity index (χ0v) is 10.8. The van der Waals surface area contributed by atoms with Crippen LogP contribution in [0.5, 0.6) is 0 Å². The fourth-order valence-electron chi connectivity index (χ4n) is 2.51. The largest absolute Gasteiger partial charge is 0.478 e. The van der Waals surface area contributed by atoms with Crippen molar-refractivity contribution in [3.63, 3.8) is 0 Å². The maximum atomic E-state index is 11.2. The molecule has 2 N–H and O–H groups in total. The van der Waals surface area contributed by atoms with Gasteiger partial charge in [-0.2, -0.15) is 0 Å². The van der Waals surface area contributed by atoms with Gasteiger partial charge in [0, 0.05) is 13.1 Å². The molecular weight excluding hydrogens is 230 g/mol. The van der Waals surface area contributed by atoms with Crippen LogP contribution in [-0.2, 0) is 0 Å². The Balaban J connectivity index is 2.37. The number of anilines is 1. The number of piperidine rings is 1. The normalized spacial score (nSPS) is 24.1. The highest BCUT2D eigenvalue weighted by atomic mass is 16.4. The summed E-state index contributed by atoms with van der Waals surface area (Å²) in [5.41, 5.74) is 1.30. The average Bonchev–Trinajstić information content (AvgIpc) is 2.27. The fourth-order valence-corrected chi connectivity index (χ4v) is 2.51. The van der Waals surface area contributed by atoms with Crippen molar-refractivity contribution < 1.29 is 15.0 Å². The first-order valence-corrected chi connectivity index (χ1v) is 6.20. The van der Waals surface area contributed by atoms with Gasteiger partial charge in [0.05, 0.1) is 16.9 Å². The maximum Gasteiger partial charge on any atom is 0.337 e. The number of β-amino-alcohol motifs (C(OH)–C–C–N with tert-alkyl or cyclic N) is 1. The van der Waals surface area contributed by atoms with Crippen LogP contribution in [0.25, 0.3) is 0 Å². The van der Waals surface area contributed by atoms with Crippen molar-refractivity contribution in [3.8, 4) is 0 Å². The second-order valence-electron chi connectivity index (χ2n) is 5.35. The number of aliphatic hydroxyl groups is 1. The van der Waals surface area contributed by atoms with Gasteiger partial charge in [0.2, 0.25) is 0 Å². The lowest BCUT2D eigenvalue weighted by molar-refractivity contribution is 0.0446. The number of carboxylic acids is 1. The predicted octanol–water partition coefficient (Wildman–Crippen LogP) is 2.04. The molecule has 4 nitrogen and oxygen atoms in total. The van der Waals surface area contributed by atoms with Crippen LogP contribution in [0, 0.1) is 6.92 Å². The standard InChI is InChI=1S/C14H19NO3/c1-10-4-5-11(13(16)17)12(8-10)15-7-3-6-14(2,18)9-15/h4-5,8,18H,3,6-7,9H2,1-2H3,(H,16,17). The Kier molecular flexibility index (Phi) is 3.30. The summed E-state index contributed by atoms with van der Waals surface area (Å²) in [4.78, 5) is 13.2. The molecule has 1 atom stereocenters. The average molecular weight is 249 g/mol. The lowest BCUT2D eigenvalue weighted by atomic mass is 9.94. The Morgan fingerprint density at radius 2 is 2.17 bits per heavy atom. The minimum atomic E-state index is -0.921.